The van der Waals surface area contributed by atoms with Crippen molar-refractivity contribution in [3.8, 4) is 16.3 Å². The first-order valence-electron chi connectivity index (χ1n) is 9.56. The Labute approximate surface area is 199 Å². The van der Waals surface area contributed by atoms with E-state index in [1.165, 1.54) is 11.1 Å². The smallest absolute Gasteiger partial charge is 0.191 e. The van der Waals surface area contributed by atoms with Crippen LogP contribution in [0.3, 0.4) is 0 Å². The molecule has 0 aliphatic heterocycles. The number of benzene rings is 2. The van der Waals surface area contributed by atoms with Crippen molar-refractivity contribution in [2.24, 2.45) is 7.05 Å². The van der Waals surface area contributed by atoms with Crippen molar-refractivity contribution in [1.29, 1.82) is 0 Å². The van der Waals surface area contributed by atoms with Crippen molar-refractivity contribution in [1.82, 2.24) is 19.7 Å². The molecular formula is C22H20Cl2N4OS2. The second kappa shape index (κ2) is 9.61. The van der Waals surface area contributed by atoms with Crippen LogP contribution >= 0.6 is 46.3 Å². The van der Waals surface area contributed by atoms with E-state index in [-0.39, 0.29) is 6.10 Å². The molecular weight excluding hydrogens is 471 g/mol. The number of ether oxygens (including phenoxy) is 1. The van der Waals surface area contributed by atoms with Crippen LogP contribution in [-0.2, 0) is 12.8 Å². The van der Waals surface area contributed by atoms with Crippen LogP contribution in [0.4, 0.5) is 0 Å². The number of halogens is 2. The molecule has 4 rings (SSSR count). The summed E-state index contributed by atoms with van der Waals surface area (Å²) in [7, 11) is 1.93. The number of nitrogens with zero attached hydrogens (tertiary/aromatic N) is 4. The Morgan fingerprint density at radius 3 is 2.77 bits per heavy atom. The highest BCUT2D eigenvalue weighted by Crippen LogP contribution is 2.33. The Morgan fingerprint density at radius 2 is 1.97 bits per heavy atom. The summed E-state index contributed by atoms with van der Waals surface area (Å²) >= 11 is 15.5. The molecule has 2 aromatic carbocycles. The fourth-order valence-electron chi connectivity index (χ4n) is 3.06. The van der Waals surface area contributed by atoms with Gasteiger partial charge >= 0.3 is 0 Å². The average Bonchev–Trinajstić information content (AvgIpc) is 3.36. The van der Waals surface area contributed by atoms with Gasteiger partial charge in [0.15, 0.2) is 17.1 Å². The maximum atomic E-state index is 6.21. The van der Waals surface area contributed by atoms with Gasteiger partial charge in [-0.2, -0.15) is 0 Å². The van der Waals surface area contributed by atoms with Crippen LogP contribution in [0.1, 0.15) is 30.1 Å². The lowest BCUT2D eigenvalue weighted by atomic mass is 10.1. The topological polar surface area (TPSA) is 52.8 Å². The van der Waals surface area contributed by atoms with Crippen LogP contribution in [0.25, 0.3) is 10.6 Å². The van der Waals surface area contributed by atoms with E-state index in [9.17, 15) is 0 Å². The van der Waals surface area contributed by atoms with Gasteiger partial charge in [-0.15, -0.1) is 21.5 Å². The van der Waals surface area contributed by atoms with Gasteiger partial charge in [-0.1, -0.05) is 59.2 Å². The molecule has 5 nitrogen and oxygen atoms in total. The zero-order chi connectivity index (χ0) is 22.0. The highest BCUT2D eigenvalue weighted by atomic mass is 35.5. The van der Waals surface area contributed by atoms with E-state index in [1.807, 2.05) is 30.7 Å². The highest BCUT2D eigenvalue weighted by Gasteiger charge is 2.19. The molecule has 4 aromatic rings. The Morgan fingerprint density at radius 1 is 1.16 bits per heavy atom. The van der Waals surface area contributed by atoms with Gasteiger partial charge in [0.1, 0.15) is 10.8 Å². The van der Waals surface area contributed by atoms with Crippen LogP contribution in [0, 0.1) is 6.92 Å². The Kier molecular flexibility index (Phi) is 6.86. The molecule has 0 bridgehead atoms. The molecule has 2 aromatic heterocycles. The predicted molar refractivity (Wildman–Crippen MR) is 128 cm³/mol. The zero-order valence-corrected chi connectivity index (χ0v) is 20.3. The van der Waals surface area contributed by atoms with Crippen molar-refractivity contribution < 1.29 is 4.74 Å². The maximum Gasteiger partial charge on any atom is 0.191 e. The van der Waals surface area contributed by atoms with Gasteiger partial charge in [0.2, 0.25) is 0 Å². The molecule has 1 atom stereocenters. The van der Waals surface area contributed by atoms with E-state index < -0.39 is 0 Å². The summed E-state index contributed by atoms with van der Waals surface area (Å²) in [6, 6.07) is 13.4. The molecule has 0 aliphatic rings. The Bertz CT molecular complexity index is 1210. The first-order chi connectivity index (χ1) is 14.9. The number of aryl methyl sites for hydroxylation is 1. The van der Waals surface area contributed by atoms with Gasteiger partial charge in [-0.3, -0.25) is 0 Å². The van der Waals surface area contributed by atoms with Gasteiger partial charge in [0, 0.05) is 34.8 Å². The summed E-state index contributed by atoms with van der Waals surface area (Å²) in [6.07, 6.45) is -0.338. The molecule has 0 spiro atoms. The van der Waals surface area contributed by atoms with Crippen molar-refractivity contribution in [3.63, 3.8) is 0 Å². The second-order valence-electron chi connectivity index (χ2n) is 6.98. The summed E-state index contributed by atoms with van der Waals surface area (Å²) in [5, 5.41) is 13.6. The summed E-state index contributed by atoms with van der Waals surface area (Å²) in [4.78, 5) is 4.79. The van der Waals surface area contributed by atoms with Gasteiger partial charge in [-0.25, -0.2) is 4.98 Å². The fraction of sp³-hybridized carbons (Fsp3) is 0.227. The third-order valence-corrected chi connectivity index (χ3v) is 7.23. The molecule has 0 N–H and O–H groups in total. The molecule has 9 heteroatoms. The maximum absolute atomic E-state index is 6.21. The number of rotatable bonds is 7. The van der Waals surface area contributed by atoms with Gasteiger partial charge < -0.3 is 9.30 Å². The summed E-state index contributed by atoms with van der Waals surface area (Å²) in [5.74, 6) is 1.94. The van der Waals surface area contributed by atoms with Gasteiger partial charge in [0.05, 0.1) is 10.7 Å². The molecule has 2 heterocycles. The third-order valence-electron chi connectivity index (χ3n) is 4.71. The first-order valence-corrected chi connectivity index (χ1v) is 12.2. The number of thioether (sulfide) groups is 1. The molecule has 1 unspecified atom stereocenters. The van der Waals surface area contributed by atoms with Crippen LogP contribution in [0.2, 0.25) is 10.0 Å². The SMILES string of the molecule is Cc1ccccc1-c1nc(CSc2nnc(C(C)Oc3cc(Cl)ccc3Cl)n2C)cs1. The molecule has 31 heavy (non-hydrogen) atoms. The average molecular weight is 491 g/mol. The van der Waals surface area contributed by atoms with E-state index >= 15 is 0 Å². The largest absolute Gasteiger partial charge is 0.481 e. The second-order valence-corrected chi connectivity index (χ2v) is 9.63. The Balaban J connectivity index is 1.43. The number of aromatic nitrogens is 4. The minimum atomic E-state index is -0.338. The van der Waals surface area contributed by atoms with Crippen LogP contribution < -0.4 is 4.74 Å². The van der Waals surface area contributed by atoms with E-state index in [0.717, 1.165) is 15.9 Å². The Hall–Kier alpha value is -2.06. The number of thiazole rings is 1. The first kappa shape index (κ1) is 22.1. The van der Waals surface area contributed by atoms with Crippen molar-refractivity contribution in [3.05, 3.63) is 75.0 Å². The summed E-state index contributed by atoms with van der Waals surface area (Å²) < 4.78 is 7.91. The molecule has 0 fully saturated rings. The van der Waals surface area contributed by atoms with E-state index in [1.54, 1.807) is 41.3 Å². The molecule has 0 saturated heterocycles. The monoisotopic (exact) mass is 490 g/mol. The molecule has 160 valence electrons. The predicted octanol–water partition coefficient (Wildman–Crippen LogP) is 6.99. The van der Waals surface area contributed by atoms with Crippen LogP contribution in [0.5, 0.6) is 5.75 Å². The standard InChI is InChI=1S/C22H20Cl2N4OS2/c1-13-6-4-5-7-17(13)21-25-16(11-30-21)12-31-22-27-26-20(28(22)3)14(2)29-19-10-15(23)8-9-18(19)24/h4-11,14H,12H2,1-3H3. The normalized spacial score (nSPS) is 12.2. The molecule has 0 amide bonds. The summed E-state index contributed by atoms with van der Waals surface area (Å²) in [6.45, 7) is 4.01. The van der Waals surface area contributed by atoms with Crippen LogP contribution in [0.15, 0.2) is 53.0 Å². The van der Waals surface area contributed by atoms with Gasteiger partial charge in [-0.05, 0) is 31.5 Å². The van der Waals surface area contributed by atoms with E-state index in [0.29, 0.717) is 27.4 Å². The number of hydrogen-bond acceptors (Lipinski definition) is 6. The fourth-order valence-corrected chi connectivity index (χ4v) is 5.21. The van der Waals surface area contributed by atoms with E-state index in [4.69, 9.17) is 32.9 Å². The lowest BCUT2D eigenvalue weighted by Gasteiger charge is -2.15. The highest BCUT2D eigenvalue weighted by molar-refractivity contribution is 7.98. The summed E-state index contributed by atoms with van der Waals surface area (Å²) in [5.41, 5.74) is 3.42. The zero-order valence-electron chi connectivity index (χ0n) is 17.2. The molecule has 0 saturated carbocycles. The number of hydrogen-bond donors (Lipinski definition) is 0. The quantitative estimate of drug-likeness (QED) is 0.261. The minimum absolute atomic E-state index is 0.338. The van der Waals surface area contributed by atoms with Crippen molar-refractivity contribution >= 4 is 46.3 Å². The van der Waals surface area contributed by atoms with Crippen molar-refractivity contribution in [2.75, 3.05) is 0 Å². The van der Waals surface area contributed by atoms with Crippen molar-refractivity contribution in [2.45, 2.75) is 30.9 Å². The molecule has 0 aliphatic carbocycles. The van der Waals surface area contributed by atoms with Crippen LogP contribution in [-0.4, -0.2) is 19.7 Å². The van der Waals surface area contributed by atoms with Gasteiger partial charge in [0.25, 0.3) is 0 Å². The lowest BCUT2D eigenvalue weighted by Crippen LogP contribution is -2.10. The minimum Gasteiger partial charge on any atom is -0.481 e. The lowest BCUT2D eigenvalue weighted by molar-refractivity contribution is 0.211. The third kappa shape index (κ3) is 5.06. The van der Waals surface area contributed by atoms with E-state index in [2.05, 4.69) is 34.6 Å². The molecule has 0 radical (unpaired) electrons.